The monoisotopic (exact) mass is 261 g/mol. The molecule has 3 nitrogen and oxygen atoms in total. The Balaban J connectivity index is 2.46. The van der Waals surface area contributed by atoms with Crippen molar-refractivity contribution >= 4 is 12.2 Å². The molecular formula is C16H23NO2. The van der Waals surface area contributed by atoms with E-state index in [0.29, 0.717) is 17.0 Å². The van der Waals surface area contributed by atoms with Gasteiger partial charge in [-0.05, 0) is 24.5 Å². The molecule has 0 aliphatic rings. The number of carbonyl (C=O) groups is 2. The second kappa shape index (κ2) is 8.46. The molecule has 0 aliphatic heterocycles. The van der Waals surface area contributed by atoms with Crippen molar-refractivity contribution in [2.45, 2.75) is 39.5 Å². The molecule has 1 unspecified atom stereocenters. The topological polar surface area (TPSA) is 46.2 Å². The van der Waals surface area contributed by atoms with Crippen molar-refractivity contribution in [1.29, 1.82) is 0 Å². The highest BCUT2D eigenvalue weighted by molar-refractivity contribution is 5.94. The average Bonchev–Trinajstić information content (AvgIpc) is 2.47. The summed E-state index contributed by atoms with van der Waals surface area (Å²) in [5.41, 5.74) is 1.20. The van der Waals surface area contributed by atoms with Crippen molar-refractivity contribution in [3.8, 4) is 0 Å². The van der Waals surface area contributed by atoms with Crippen molar-refractivity contribution in [1.82, 2.24) is 5.32 Å². The zero-order valence-corrected chi connectivity index (χ0v) is 11.8. The summed E-state index contributed by atoms with van der Waals surface area (Å²) in [5.74, 6) is 0.491. The van der Waals surface area contributed by atoms with Crippen molar-refractivity contribution in [2.24, 2.45) is 5.92 Å². The van der Waals surface area contributed by atoms with Gasteiger partial charge in [-0.15, -0.1) is 0 Å². The van der Waals surface area contributed by atoms with E-state index in [0.717, 1.165) is 25.7 Å². The largest absolute Gasteiger partial charge is 0.352 e. The van der Waals surface area contributed by atoms with Crippen LogP contribution < -0.4 is 5.32 Å². The predicted molar refractivity (Wildman–Crippen MR) is 77.5 cm³/mol. The van der Waals surface area contributed by atoms with Crippen LogP contribution in [0.1, 0.15) is 60.2 Å². The Morgan fingerprint density at radius 3 is 2.47 bits per heavy atom. The second-order valence-corrected chi connectivity index (χ2v) is 4.87. The van der Waals surface area contributed by atoms with Gasteiger partial charge in [0, 0.05) is 17.7 Å². The van der Waals surface area contributed by atoms with Gasteiger partial charge in [0.25, 0.3) is 5.91 Å². The fourth-order valence-corrected chi connectivity index (χ4v) is 2.00. The van der Waals surface area contributed by atoms with Crippen LogP contribution in [0.5, 0.6) is 0 Å². The van der Waals surface area contributed by atoms with Gasteiger partial charge < -0.3 is 5.32 Å². The third kappa shape index (κ3) is 5.25. The quantitative estimate of drug-likeness (QED) is 0.729. The summed E-state index contributed by atoms with van der Waals surface area (Å²) >= 11 is 0. The molecule has 1 rings (SSSR count). The first-order valence-corrected chi connectivity index (χ1v) is 7.04. The lowest BCUT2D eigenvalue weighted by atomic mass is 9.99. The van der Waals surface area contributed by atoms with Crippen LogP contribution in [0.25, 0.3) is 0 Å². The summed E-state index contributed by atoms with van der Waals surface area (Å²) in [6.07, 6.45) is 5.43. The Labute approximate surface area is 115 Å². The van der Waals surface area contributed by atoms with Crippen molar-refractivity contribution < 1.29 is 9.59 Å². The van der Waals surface area contributed by atoms with E-state index in [4.69, 9.17) is 0 Å². The molecule has 0 heterocycles. The highest BCUT2D eigenvalue weighted by Crippen LogP contribution is 2.11. The molecule has 0 aliphatic carbocycles. The molecule has 1 aromatic carbocycles. The maximum absolute atomic E-state index is 11.9. The van der Waals surface area contributed by atoms with Crippen LogP contribution in [0.4, 0.5) is 0 Å². The fourth-order valence-electron chi connectivity index (χ4n) is 2.00. The van der Waals surface area contributed by atoms with Gasteiger partial charge in [-0.25, -0.2) is 0 Å². The maximum Gasteiger partial charge on any atom is 0.251 e. The van der Waals surface area contributed by atoms with E-state index in [-0.39, 0.29) is 5.91 Å². The number of unbranched alkanes of at least 4 members (excludes halogenated alkanes) is 1. The predicted octanol–water partition coefficient (Wildman–Crippen LogP) is 3.45. The average molecular weight is 261 g/mol. The maximum atomic E-state index is 11.9. The van der Waals surface area contributed by atoms with Gasteiger partial charge in [-0.2, -0.15) is 0 Å². The van der Waals surface area contributed by atoms with Gasteiger partial charge in [-0.1, -0.05) is 45.2 Å². The molecule has 0 saturated carbocycles. The van der Waals surface area contributed by atoms with Gasteiger partial charge >= 0.3 is 0 Å². The number of carbonyl (C=O) groups excluding carboxylic acids is 2. The molecule has 1 atom stereocenters. The van der Waals surface area contributed by atoms with E-state index < -0.39 is 0 Å². The van der Waals surface area contributed by atoms with E-state index in [2.05, 4.69) is 19.2 Å². The zero-order valence-electron chi connectivity index (χ0n) is 11.8. The Bertz CT molecular complexity index is 398. The highest BCUT2D eigenvalue weighted by Gasteiger charge is 2.09. The molecule has 1 amide bonds. The smallest absolute Gasteiger partial charge is 0.251 e. The molecule has 0 aromatic heterocycles. The number of rotatable bonds is 8. The molecule has 104 valence electrons. The minimum atomic E-state index is -0.0626. The van der Waals surface area contributed by atoms with E-state index in [1.165, 1.54) is 12.8 Å². The van der Waals surface area contributed by atoms with Crippen LogP contribution in [0.2, 0.25) is 0 Å². The molecule has 3 heteroatoms. The molecule has 19 heavy (non-hydrogen) atoms. The molecule has 0 fully saturated rings. The lowest BCUT2D eigenvalue weighted by Gasteiger charge is -2.15. The van der Waals surface area contributed by atoms with Crippen LogP contribution in [0.3, 0.4) is 0 Å². The SMILES string of the molecule is CCCCC(CC)CNC(=O)c1ccc(C=O)cc1. The van der Waals surface area contributed by atoms with E-state index in [1.807, 2.05) is 0 Å². The number of amides is 1. The summed E-state index contributed by atoms with van der Waals surface area (Å²) in [4.78, 5) is 22.5. The molecule has 1 aromatic rings. The first-order valence-electron chi connectivity index (χ1n) is 7.04. The lowest BCUT2D eigenvalue weighted by Crippen LogP contribution is -2.29. The van der Waals surface area contributed by atoms with Gasteiger partial charge in [0.05, 0.1) is 0 Å². The van der Waals surface area contributed by atoms with Crippen LogP contribution >= 0.6 is 0 Å². The first kappa shape index (κ1) is 15.4. The number of hydrogen-bond donors (Lipinski definition) is 1. The van der Waals surface area contributed by atoms with Crippen molar-refractivity contribution in [2.75, 3.05) is 6.54 Å². The molecule has 1 N–H and O–H groups in total. The van der Waals surface area contributed by atoms with E-state index in [1.54, 1.807) is 24.3 Å². The Hall–Kier alpha value is -1.64. The van der Waals surface area contributed by atoms with E-state index in [9.17, 15) is 9.59 Å². The third-order valence-corrected chi connectivity index (χ3v) is 3.40. The Kier molecular flexibility index (Phi) is 6.86. The fraction of sp³-hybridized carbons (Fsp3) is 0.500. The second-order valence-electron chi connectivity index (χ2n) is 4.87. The minimum absolute atomic E-state index is 0.0626. The number of hydrogen-bond acceptors (Lipinski definition) is 2. The van der Waals surface area contributed by atoms with Crippen LogP contribution in [-0.4, -0.2) is 18.7 Å². The molecule has 0 spiro atoms. The van der Waals surface area contributed by atoms with Crippen molar-refractivity contribution in [3.63, 3.8) is 0 Å². The van der Waals surface area contributed by atoms with Crippen molar-refractivity contribution in [3.05, 3.63) is 35.4 Å². The highest BCUT2D eigenvalue weighted by atomic mass is 16.1. The third-order valence-electron chi connectivity index (χ3n) is 3.40. The van der Waals surface area contributed by atoms with Gasteiger partial charge in [0.2, 0.25) is 0 Å². The first-order chi connectivity index (χ1) is 9.21. The van der Waals surface area contributed by atoms with Gasteiger partial charge in [0.1, 0.15) is 6.29 Å². The van der Waals surface area contributed by atoms with Gasteiger partial charge in [0.15, 0.2) is 0 Å². The number of aldehydes is 1. The normalized spacial score (nSPS) is 11.9. The minimum Gasteiger partial charge on any atom is -0.352 e. The Morgan fingerprint density at radius 2 is 1.95 bits per heavy atom. The summed E-state index contributed by atoms with van der Waals surface area (Å²) in [7, 11) is 0. The lowest BCUT2D eigenvalue weighted by molar-refractivity contribution is 0.0945. The molecule has 0 bridgehead atoms. The molecule has 0 radical (unpaired) electrons. The van der Waals surface area contributed by atoms with E-state index >= 15 is 0 Å². The van der Waals surface area contributed by atoms with Crippen LogP contribution in [-0.2, 0) is 0 Å². The Morgan fingerprint density at radius 1 is 1.26 bits per heavy atom. The summed E-state index contributed by atoms with van der Waals surface area (Å²) < 4.78 is 0. The van der Waals surface area contributed by atoms with Crippen LogP contribution in [0, 0.1) is 5.92 Å². The summed E-state index contributed by atoms with van der Waals surface area (Å²) in [6.45, 7) is 5.07. The van der Waals surface area contributed by atoms with Gasteiger partial charge in [-0.3, -0.25) is 9.59 Å². The zero-order chi connectivity index (χ0) is 14.1. The number of nitrogens with one attached hydrogen (secondary N) is 1. The molecular weight excluding hydrogens is 238 g/mol. The number of benzene rings is 1. The van der Waals surface area contributed by atoms with Crippen LogP contribution in [0.15, 0.2) is 24.3 Å². The summed E-state index contributed by atoms with van der Waals surface area (Å²) in [5, 5.41) is 2.97. The summed E-state index contributed by atoms with van der Waals surface area (Å²) in [6, 6.07) is 6.70. The standard InChI is InChI=1S/C16H23NO2/c1-3-5-6-13(4-2)11-17-16(19)15-9-7-14(12-18)8-10-15/h7-10,12-13H,3-6,11H2,1-2H3,(H,17,19). The molecule has 0 saturated heterocycles.